The number of halogens is 3. The third-order valence-corrected chi connectivity index (χ3v) is 3.39. The van der Waals surface area contributed by atoms with E-state index in [0.717, 1.165) is 6.08 Å². The lowest BCUT2D eigenvalue weighted by Gasteiger charge is -2.28. The highest BCUT2D eigenvalue weighted by Gasteiger charge is 2.35. The predicted molar refractivity (Wildman–Crippen MR) is 75.3 cm³/mol. The summed E-state index contributed by atoms with van der Waals surface area (Å²) < 4.78 is 37.7. The number of alkyl halides is 3. The van der Waals surface area contributed by atoms with Crippen LogP contribution in [0.25, 0.3) is 0 Å². The van der Waals surface area contributed by atoms with Crippen LogP contribution in [0.1, 0.15) is 23.7 Å². The Labute approximate surface area is 121 Å². The third-order valence-electron chi connectivity index (χ3n) is 3.39. The fourth-order valence-corrected chi connectivity index (χ4v) is 2.30. The SMILES string of the molecule is CCNc1ccccc1C(=O)N1CC=C(C(F)(F)F)CC1. The van der Waals surface area contributed by atoms with Gasteiger partial charge in [-0.15, -0.1) is 0 Å². The summed E-state index contributed by atoms with van der Waals surface area (Å²) in [7, 11) is 0. The first kappa shape index (κ1) is 15.4. The minimum Gasteiger partial charge on any atom is -0.385 e. The maximum Gasteiger partial charge on any atom is 0.412 e. The van der Waals surface area contributed by atoms with Crippen molar-refractivity contribution in [3.05, 3.63) is 41.5 Å². The second-order valence-electron chi connectivity index (χ2n) is 4.80. The maximum absolute atomic E-state index is 12.6. The topological polar surface area (TPSA) is 32.3 Å². The van der Waals surface area contributed by atoms with Gasteiger partial charge in [0.1, 0.15) is 0 Å². The van der Waals surface area contributed by atoms with Gasteiger partial charge in [-0.2, -0.15) is 13.2 Å². The van der Waals surface area contributed by atoms with Crippen LogP contribution in [0.4, 0.5) is 18.9 Å². The van der Waals surface area contributed by atoms with E-state index in [1.807, 2.05) is 13.0 Å². The molecule has 0 atom stereocenters. The van der Waals surface area contributed by atoms with Gasteiger partial charge in [0.2, 0.25) is 0 Å². The van der Waals surface area contributed by atoms with Crippen LogP contribution in [0.5, 0.6) is 0 Å². The van der Waals surface area contributed by atoms with Crippen LogP contribution < -0.4 is 5.32 Å². The molecule has 1 aliphatic rings. The average Bonchev–Trinajstić information content (AvgIpc) is 2.47. The zero-order chi connectivity index (χ0) is 15.5. The zero-order valence-electron chi connectivity index (χ0n) is 11.7. The van der Waals surface area contributed by atoms with Gasteiger partial charge in [-0.05, 0) is 25.5 Å². The summed E-state index contributed by atoms with van der Waals surface area (Å²) in [6.45, 7) is 2.67. The number of nitrogens with zero attached hydrogens (tertiary/aromatic N) is 1. The lowest BCUT2D eigenvalue weighted by atomic mass is 10.1. The molecule has 0 unspecified atom stereocenters. The molecule has 114 valence electrons. The van der Waals surface area contributed by atoms with Crippen molar-refractivity contribution in [2.75, 3.05) is 25.0 Å². The molecule has 1 aromatic carbocycles. The van der Waals surface area contributed by atoms with Crippen molar-refractivity contribution >= 4 is 11.6 Å². The third kappa shape index (κ3) is 3.56. The molecule has 2 rings (SSSR count). The zero-order valence-corrected chi connectivity index (χ0v) is 11.7. The number of amides is 1. The molecular weight excluding hydrogens is 281 g/mol. The van der Waals surface area contributed by atoms with Gasteiger partial charge in [-0.3, -0.25) is 4.79 Å². The molecule has 0 spiro atoms. The van der Waals surface area contributed by atoms with E-state index in [0.29, 0.717) is 17.8 Å². The lowest BCUT2D eigenvalue weighted by Crippen LogP contribution is -2.37. The standard InChI is InChI=1S/C15H17F3N2O/c1-2-19-13-6-4-3-5-12(13)14(21)20-9-7-11(8-10-20)15(16,17)18/h3-7,19H,2,8-10H2,1H3. The molecule has 0 fully saturated rings. The Morgan fingerprint density at radius 3 is 2.62 bits per heavy atom. The Hall–Kier alpha value is -1.98. The van der Waals surface area contributed by atoms with Crippen molar-refractivity contribution in [1.82, 2.24) is 4.90 Å². The summed E-state index contributed by atoms with van der Waals surface area (Å²) in [5.74, 6) is -0.246. The summed E-state index contributed by atoms with van der Waals surface area (Å²) in [6.07, 6.45) is -3.35. The van der Waals surface area contributed by atoms with Crippen LogP contribution in [-0.2, 0) is 0 Å². The molecule has 1 aromatic rings. The van der Waals surface area contributed by atoms with Crippen LogP contribution in [-0.4, -0.2) is 36.6 Å². The van der Waals surface area contributed by atoms with Crippen molar-refractivity contribution in [2.24, 2.45) is 0 Å². The minimum atomic E-state index is -4.29. The monoisotopic (exact) mass is 298 g/mol. The van der Waals surface area contributed by atoms with E-state index in [1.165, 1.54) is 4.90 Å². The van der Waals surface area contributed by atoms with Gasteiger partial charge in [0.25, 0.3) is 5.91 Å². The number of para-hydroxylation sites is 1. The summed E-state index contributed by atoms with van der Waals surface area (Å²) in [6, 6.07) is 7.03. The van der Waals surface area contributed by atoms with Crippen LogP contribution in [0.15, 0.2) is 35.9 Å². The van der Waals surface area contributed by atoms with Crippen LogP contribution in [0.2, 0.25) is 0 Å². The highest BCUT2D eigenvalue weighted by molar-refractivity contribution is 5.99. The van der Waals surface area contributed by atoms with E-state index in [1.54, 1.807) is 18.2 Å². The van der Waals surface area contributed by atoms with Crippen LogP contribution in [0, 0.1) is 0 Å². The van der Waals surface area contributed by atoms with E-state index < -0.39 is 11.7 Å². The predicted octanol–water partition coefficient (Wildman–Crippen LogP) is 3.45. The Morgan fingerprint density at radius 1 is 1.33 bits per heavy atom. The molecule has 0 saturated heterocycles. The molecular formula is C15H17F3N2O. The number of hydrogen-bond acceptors (Lipinski definition) is 2. The van der Waals surface area contributed by atoms with Gasteiger partial charge < -0.3 is 10.2 Å². The van der Waals surface area contributed by atoms with E-state index in [9.17, 15) is 18.0 Å². The molecule has 0 saturated carbocycles. The van der Waals surface area contributed by atoms with Crippen LogP contribution >= 0.6 is 0 Å². The van der Waals surface area contributed by atoms with Crippen molar-refractivity contribution < 1.29 is 18.0 Å². The van der Waals surface area contributed by atoms with E-state index >= 15 is 0 Å². The van der Waals surface area contributed by atoms with Crippen LogP contribution in [0.3, 0.4) is 0 Å². The fraction of sp³-hybridized carbons (Fsp3) is 0.400. The highest BCUT2D eigenvalue weighted by Crippen LogP contribution is 2.30. The van der Waals surface area contributed by atoms with E-state index in [4.69, 9.17) is 0 Å². The second kappa shape index (κ2) is 6.20. The minimum absolute atomic E-state index is 0.00582. The highest BCUT2D eigenvalue weighted by atomic mass is 19.4. The Bertz CT molecular complexity index is 552. The molecule has 1 N–H and O–H groups in total. The van der Waals surface area contributed by atoms with Crippen molar-refractivity contribution in [3.63, 3.8) is 0 Å². The number of carbonyl (C=O) groups excluding carboxylic acids is 1. The summed E-state index contributed by atoms with van der Waals surface area (Å²) in [4.78, 5) is 13.9. The molecule has 3 nitrogen and oxygen atoms in total. The largest absolute Gasteiger partial charge is 0.412 e. The normalized spacial score (nSPS) is 15.6. The van der Waals surface area contributed by atoms with Gasteiger partial charge in [0.15, 0.2) is 0 Å². The van der Waals surface area contributed by atoms with Gasteiger partial charge in [-0.1, -0.05) is 18.2 Å². The first-order chi connectivity index (χ1) is 9.93. The van der Waals surface area contributed by atoms with Crippen molar-refractivity contribution in [1.29, 1.82) is 0 Å². The smallest absolute Gasteiger partial charge is 0.385 e. The number of benzene rings is 1. The second-order valence-corrected chi connectivity index (χ2v) is 4.80. The van der Waals surface area contributed by atoms with Crippen molar-refractivity contribution in [3.8, 4) is 0 Å². The molecule has 0 aliphatic carbocycles. The van der Waals surface area contributed by atoms with E-state index in [-0.39, 0.29) is 25.4 Å². The quantitative estimate of drug-likeness (QED) is 0.867. The molecule has 6 heteroatoms. The molecule has 1 heterocycles. The molecule has 1 amide bonds. The number of rotatable bonds is 3. The maximum atomic E-state index is 12.6. The number of nitrogens with one attached hydrogen (secondary N) is 1. The average molecular weight is 298 g/mol. The summed E-state index contributed by atoms with van der Waals surface area (Å²) >= 11 is 0. The Balaban J connectivity index is 2.14. The number of carbonyl (C=O) groups is 1. The first-order valence-corrected chi connectivity index (χ1v) is 6.82. The van der Waals surface area contributed by atoms with Gasteiger partial charge in [-0.25, -0.2) is 0 Å². The lowest BCUT2D eigenvalue weighted by molar-refractivity contribution is -0.0957. The molecule has 0 aromatic heterocycles. The fourth-order valence-electron chi connectivity index (χ4n) is 2.30. The van der Waals surface area contributed by atoms with E-state index in [2.05, 4.69) is 5.32 Å². The summed E-state index contributed by atoms with van der Waals surface area (Å²) in [5, 5.41) is 3.09. The molecule has 0 bridgehead atoms. The van der Waals surface area contributed by atoms with Gasteiger partial charge in [0, 0.05) is 30.9 Å². The van der Waals surface area contributed by atoms with Gasteiger partial charge >= 0.3 is 6.18 Å². The number of anilines is 1. The molecule has 1 aliphatic heterocycles. The molecule has 0 radical (unpaired) electrons. The van der Waals surface area contributed by atoms with Crippen molar-refractivity contribution in [2.45, 2.75) is 19.5 Å². The number of hydrogen-bond donors (Lipinski definition) is 1. The van der Waals surface area contributed by atoms with Gasteiger partial charge in [0.05, 0.1) is 5.56 Å². The first-order valence-electron chi connectivity index (χ1n) is 6.82. The summed E-state index contributed by atoms with van der Waals surface area (Å²) in [5.41, 5.74) is 0.644. The Morgan fingerprint density at radius 2 is 2.05 bits per heavy atom. The molecule has 21 heavy (non-hydrogen) atoms. The Kier molecular flexibility index (Phi) is 4.55.